The van der Waals surface area contributed by atoms with Gasteiger partial charge in [0.2, 0.25) is 17.0 Å². The van der Waals surface area contributed by atoms with Crippen LogP contribution in [0.2, 0.25) is 0 Å². The normalized spacial score (nSPS) is 19.2. The number of aliphatic carboxylic acids is 1. The molecule has 208 valence electrons. The number of phenols is 1. The van der Waals surface area contributed by atoms with Crippen LogP contribution in [0.5, 0.6) is 5.75 Å². The number of amides is 3. The van der Waals surface area contributed by atoms with Gasteiger partial charge < -0.3 is 26.6 Å². The molecule has 2 aliphatic rings. The standard InChI is InChI=1S/C23H28N8O6S2/c1-2-8-25-15(33)7-9-30-23(27-28-29-30)39-11-13-10-38-21-17(20(35)31(21)18(13)22(36)37)26-19(34)16(24)12-3-5-14(32)6-4-12/h3-6,16-17,21,32H,2,7-11,24H2,1H3,(H,25,33)(H,26,34)(H,36,37)/t16?,17?,21-/m1/s1. The summed E-state index contributed by atoms with van der Waals surface area (Å²) in [6, 6.07) is 3.85. The zero-order chi connectivity index (χ0) is 28.1. The number of thioether (sulfide) groups is 2. The second-order valence-electron chi connectivity index (χ2n) is 8.80. The highest BCUT2D eigenvalue weighted by Gasteiger charge is 2.54. The number of nitrogens with zero attached hydrogens (tertiary/aromatic N) is 5. The Hall–Kier alpha value is -3.63. The quantitative estimate of drug-likeness (QED) is 0.165. The first-order valence-corrected chi connectivity index (χ1v) is 14.1. The van der Waals surface area contributed by atoms with Crippen molar-refractivity contribution in [2.75, 3.05) is 18.1 Å². The number of carboxylic acids is 1. The fourth-order valence-corrected chi connectivity index (χ4v) is 6.41. The van der Waals surface area contributed by atoms with Gasteiger partial charge >= 0.3 is 5.97 Å². The first-order valence-electron chi connectivity index (χ1n) is 12.1. The second-order valence-corrected chi connectivity index (χ2v) is 10.8. The van der Waals surface area contributed by atoms with Gasteiger partial charge in [0, 0.05) is 24.5 Å². The van der Waals surface area contributed by atoms with E-state index in [0.29, 0.717) is 28.6 Å². The fourth-order valence-electron chi connectivity index (χ4n) is 4.02. The highest BCUT2D eigenvalue weighted by Crippen LogP contribution is 2.41. The van der Waals surface area contributed by atoms with Crippen LogP contribution in [0, 0.1) is 0 Å². The molecule has 2 aliphatic heterocycles. The van der Waals surface area contributed by atoms with Crippen molar-refractivity contribution in [3.8, 4) is 5.75 Å². The van der Waals surface area contributed by atoms with Crippen molar-refractivity contribution in [1.29, 1.82) is 0 Å². The smallest absolute Gasteiger partial charge is 0.352 e. The number of hydrogen-bond donors (Lipinski definition) is 5. The molecule has 14 nitrogen and oxygen atoms in total. The van der Waals surface area contributed by atoms with Crippen LogP contribution in [0.4, 0.5) is 0 Å². The molecule has 1 saturated heterocycles. The molecule has 16 heteroatoms. The molecular weight excluding hydrogens is 548 g/mol. The Balaban J connectivity index is 1.38. The minimum Gasteiger partial charge on any atom is -0.508 e. The van der Waals surface area contributed by atoms with Crippen LogP contribution in [0.3, 0.4) is 0 Å². The van der Waals surface area contributed by atoms with Crippen molar-refractivity contribution in [1.82, 2.24) is 35.7 Å². The summed E-state index contributed by atoms with van der Waals surface area (Å²) in [6.07, 6.45) is 1.03. The number of rotatable bonds is 12. The topological polar surface area (TPSA) is 206 Å². The number of β-lactam (4-membered cyclic amide) rings is 1. The van der Waals surface area contributed by atoms with Crippen LogP contribution in [-0.2, 0) is 25.7 Å². The maximum atomic E-state index is 13.0. The lowest BCUT2D eigenvalue weighted by Crippen LogP contribution is -2.71. The van der Waals surface area contributed by atoms with Gasteiger partial charge in [-0.15, -0.1) is 16.9 Å². The first kappa shape index (κ1) is 28.4. The van der Waals surface area contributed by atoms with Crippen LogP contribution in [0.15, 0.2) is 40.7 Å². The summed E-state index contributed by atoms with van der Waals surface area (Å²) in [5.41, 5.74) is 6.86. The monoisotopic (exact) mass is 576 g/mol. The summed E-state index contributed by atoms with van der Waals surface area (Å²) in [4.78, 5) is 50.9. The van der Waals surface area contributed by atoms with Crippen LogP contribution in [0.25, 0.3) is 0 Å². The summed E-state index contributed by atoms with van der Waals surface area (Å²) < 4.78 is 1.48. The number of carboxylic acid groups (broad SMARTS) is 1. The molecule has 0 radical (unpaired) electrons. The Morgan fingerprint density at radius 1 is 1.28 bits per heavy atom. The van der Waals surface area contributed by atoms with Crippen LogP contribution < -0.4 is 16.4 Å². The van der Waals surface area contributed by atoms with E-state index in [-0.39, 0.29) is 36.1 Å². The number of nitrogens with one attached hydrogen (secondary N) is 2. The molecule has 1 fully saturated rings. The lowest BCUT2D eigenvalue weighted by atomic mass is 10.0. The molecule has 3 amide bonds. The van der Waals surface area contributed by atoms with E-state index in [1.165, 1.54) is 57.4 Å². The molecule has 4 rings (SSSR count). The molecule has 2 unspecified atom stereocenters. The minimum absolute atomic E-state index is 0.0306. The molecule has 3 heterocycles. The molecule has 0 bridgehead atoms. The summed E-state index contributed by atoms with van der Waals surface area (Å²) in [5, 5.41) is 36.1. The van der Waals surface area contributed by atoms with Gasteiger partial charge in [-0.05, 0) is 40.1 Å². The third-order valence-electron chi connectivity index (χ3n) is 6.08. The Morgan fingerprint density at radius 3 is 2.72 bits per heavy atom. The maximum absolute atomic E-state index is 13.0. The minimum atomic E-state index is -1.25. The lowest BCUT2D eigenvalue weighted by Gasteiger charge is -2.49. The van der Waals surface area contributed by atoms with Crippen molar-refractivity contribution in [3.63, 3.8) is 0 Å². The van der Waals surface area contributed by atoms with Gasteiger partial charge in [0.1, 0.15) is 28.9 Å². The molecule has 1 aromatic carbocycles. The van der Waals surface area contributed by atoms with E-state index in [2.05, 4.69) is 26.2 Å². The molecule has 1 aromatic heterocycles. The van der Waals surface area contributed by atoms with Gasteiger partial charge in [0.25, 0.3) is 5.91 Å². The van der Waals surface area contributed by atoms with Gasteiger partial charge in [0.05, 0.1) is 6.54 Å². The van der Waals surface area contributed by atoms with E-state index < -0.39 is 35.2 Å². The Labute approximate surface area is 231 Å². The molecule has 3 atom stereocenters. The number of hydrogen-bond acceptors (Lipinski definition) is 11. The molecule has 0 saturated carbocycles. The average Bonchev–Trinajstić information content (AvgIpc) is 3.38. The summed E-state index contributed by atoms with van der Waals surface area (Å²) in [6.45, 7) is 2.82. The third kappa shape index (κ3) is 6.34. The number of carbonyl (C=O) groups excluding carboxylic acids is 3. The molecule has 0 spiro atoms. The third-order valence-corrected chi connectivity index (χ3v) is 8.46. The zero-order valence-electron chi connectivity index (χ0n) is 20.9. The Kier molecular flexibility index (Phi) is 9.08. The van der Waals surface area contributed by atoms with Gasteiger partial charge in [0.15, 0.2) is 0 Å². The highest BCUT2D eigenvalue weighted by atomic mass is 32.2. The molecule has 6 N–H and O–H groups in total. The lowest BCUT2D eigenvalue weighted by molar-refractivity contribution is -0.150. The predicted molar refractivity (Wildman–Crippen MR) is 141 cm³/mol. The Morgan fingerprint density at radius 2 is 2.03 bits per heavy atom. The van der Waals surface area contributed by atoms with Gasteiger partial charge in [-0.25, -0.2) is 9.48 Å². The van der Waals surface area contributed by atoms with E-state index >= 15 is 0 Å². The number of nitrogens with two attached hydrogens (primary N) is 1. The number of carbonyl (C=O) groups is 4. The van der Waals surface area contributed by atoms with Crippen molar-refractivity contribution in [2.45, 2.75) is 48.9 Å². The molecule has 2 aromatic rings. The van der Waals surface area contributed by atoms with Crippen molar-refractivity contribution in [3.05, 3.63) is 41.1 Å². The summed E-state index contributed by atoms with van der Waals surface area (Å²) >= 11 is 2.55. The van der Waals surface area contributed by atoms with E-state index in [1.807, 2.05) is 6.92 Å². The van der Waals surface area contributed by atoms with Crippen molar-refractivity contribution < 1.29 is 29.4 Å². The highest BCUT2D eigenvalue weighted by molar-refractivity contribution is 8.01. The molecule has 39 heavy (non-hydrogen) atoms. The number of phenolic OH excluding ortho intramolecular Hbond substituents is 1. The maximum Gasteiger partial charge on any atom is 0.352 e. The summed E-state index contributed by atoms with van der Waals surface area (Å²) in [5.74, 6) is -1.92. The van der Waals surface area contributed by atoms with E-state index in [9.17, 15) is 29.4 Å². The largest absolute Gasteiger partial charge is 0.508 e. The number of benzene rings is 1. The first-order chi connectivity index (χ1) is 18.7. The van der Waals surface area contributed by atoms with Gasteiger partial charge in [-0.1, -0.05) is 30.8 Å². The molecular formula is C23H28N8O6S2. The van der Waals surface area contributed by atoms with Crippen molar-refractivity contribution >= 4 is 47.2 Å². The van der Waals surface area contributed by atoms with E-state index in [1.54, 1.807) is 0 Å². The number of aromatic hydroxyl groups is 1. The van der Waals surface area contributed by atoms with Crippen LogP contribution >= 0.6 is 23.5 Å². The molecule has 0 aliphatic carbocycles. The van der Waals surface area contributed by atoms with E-state index in [0.717, 1.165) is 6.42 Å². The number of aromatic nitrogens is 4. The number of aryl methyl sites for hydroxylation is 1. The average molecular weight is 577 g/mol. The van der Waals surface area contributed by atoms with E-state index in [4.69, 9.17) is 5.73 Å². The zero-order valence-corrected chi connectivity index (χ0v) is 22.6. The van der Waals surface area contributed by atoms with Gasteiger partial charge in [-0.2, -0.15) is 0 Å². The number of fused-ring (bicyclic) bond motifs is 1. The van der Waals surface area contributed by atoms with Gasteiger partial charge in [-0.3, -0.25) is 19.3 Å². The SMILES string of the molecule is CCCNC(=O)CCn1nnnc1SCC1=C(C(=O)O)N2C(=O)C(NC(=O)C(N)c3ccc(O)cc3)[C@H]2SC1. The van der Waals surface area contributed by atoms with Crippen LogP contribution in [-0.4, -0.2) is 88.5 Å². The summed E-state index contributed by atoms with van der Waals surface area (Å²) in [7, 11) is 0. The predicted octanol–water partition coefficient (Wildman–Crippen LogP) is -0.174. The number of tetrazole rings is 1. The Bertz CT molecular complexity index is 1280. The second kappa shape index (κ2) is 12.5. The van der Waals surface area contributed by atoms with Crippen molar-refractivity contribution in [2.24, 2.45) is 5.73 Å². The van der Waals surface area contributed by atoms with Crippen LogP contribution in [0.1, 0.15) is 31.4 Å². The fraction of sp³-hybridized carbons (Fsp3) is 0.435.